The second-order valence-electron chi connectivity index (χ2n) is 25.4. The Balaban J connectivity index is 0.967. The molecule has 3 rings (SSSR count). The molecule has 0 aliphatic carbocycles. The van der Waals surface area contributed by atoms with Crippen molar-refractivity contribution >= 4 is 33.3 Å². The van der Waals surface area contributed by atoms with E-state index in [-0.39, 0.29) is 73.0 Å². The lowest BCUT2D eigenvalue weighted by molar-refractivity contribution is -0.137. The van der Waals surface area contributed by atoms with Gasteiger partial charge in [0.25, 0.3) is 0 Å². The maximum Gasteiger partial charge on any atom is 0.303 e. The summed E-state index contributed by atoms with van der Waals surface area (Å²) < 4.78 is 159. The molecule has 0 saturated carbocycles. The third-order valence-electron chi connectivity index (χ3n) is 16.2. The normalized spacial score (nSPS) is 12.3. The number of methoxy groups -OCH3 is 1. The minimum absolute atomic E-state index is 0.0667. The molecule has 0 saturated heterocycles. The number of ketones is 2. The van der Waals surface area contributed by atoms with Crippen molar-refractivity contribution in [2.24, 2.45) is 11.8 Å². The fourth-order valence-electron chi connectivity index (χ4n) is 9.99. The summed E-state index contributed by atoms with van der Waals surface area (Å²) in [6.45, 7) is 25.3. The zero-order chi connectivity index (χ0) is 81.8. The first-order chi connectivity index (χ1) is 55.9. The third kappa shape index (κ3) is 61.3. The molecule has 1 unspecified atom stereocenters. The number of nitrogens with one attached hydrogen (secondary N) is 1. The second kappa shape index (κ2) is 75.4. The van der Waals surface area contributed by atoms with Gasteiger partial charge in [0.1, 0.15) is 0 Å². The van der Waals surface area contributed by atoms with E-state index in [1.54, 1.807) is 31.4 Å². The summed E-state index contributed by atoms with van der Waals surface area (Å²) in [5, 5.41) is 12.1. The Labute approximate surface area is 675 Å². The largest absolute Gasteiger partial charge is 0.481 e. The Morgan fingerprint density at radius 2 is 0.579 bits per heavy atom. The van der Waals surface area contributed by atoms with Crippen LogP contribution in [0.5, 0.6) is 0 Å². The number of carboxylic acids is 1. The Morgan fingerprint density at radius 3 is 0.851 bits per heavy atom. The molecule has 654 valence electrons. The fourth-order valence-corrected chi connectivity index (χ4v) is 11.6. The van der Waals surface area contributed by atoms with E-state index < -0.39 is 39.3 Å². The number of amides is 1. The number of ether oxygens (including phenoxy) is 24. The summed E-state index contributed by atoms with van der Waals surface area (Å²) in [6.07, 6.45) is 0.123. The van der Waals surface area contributed by atoms with Gasteiger partial charge in [-0.2, -0.15) is 0 Å². The Bertz CT molecular complexity index is 2830. The SMILES string of the molecule is COCCOCCOCCOCCOCCOCCOCCOCCOCCOCCOCCOCCOCCOCCOCCOCCOCCOCCOCCOCCOCCOCCOCCOCCNC(=O)[C@H](CCC(=O)O)CC(=O)c1ccc(C(=O)C(CCc2ccc(C)cc2)CS(=O)(=O)c2ccc(C)cc2)cc1. The van der Waals surface area contributed by atoms with Crippen molar-refractivity contribution in [3.05, 3.63) is 101 Å². The molecule has 32 nitrogen and oxygen atoms in total. The monoisotopic (exact) mass is 1650 g/mol. The molecule has 0 aliphatic rings. The summed E-state index contributed by atoms with van der Waals surface area (Å²) in [5.74, 6) is -4.55. The number of carbonyl (C=O) groups is 4. The van der Waals surface area contributed by atoms with Crippen LogP contribution in [0.3, 0.4) is 0 Å². The summed E-state index contributed by atoms with van der Waals surface area (Å²) in [4.78, 5) is 52.3. The molecular weight excluding hydrogens is 1510 g/mol. The van der Waals surface area contributed by atoms with Crippen LogP contribution in [0.4, 0.5) is 0 Å². The number of carbonyl (C=O) groups excluding carboxylic acids is 3. The number of rotatable bonds is 87. The van der Waals surface area contributed by atoms with E-state index in [2.05, 4.69) is 5.32 Å². The van der Waals surface area contributed by atoms with Crippen molar-refractivity contribution in [2.75, 3.05) is 330 Å². The van der Waals surface area contributed by atoms with Crippen molar-refractivity contribution in [1.29, 1.82) is 0 Å². The highest BCUT2D eigenvalue weighted by Gasteiger charge is 2.29. The van der Waals surface area contributed by atoms with Crippen LogP contribution < -0.4 is 5.32 Å². The molecule has 2 atom stereocenters. The van der Waals surface area contributed by atoms with E-state index in [1.807, 2.05) is 38.1 Å². The van der Waals surface area contributed by atoms with E-state index >= 15 is 0 Å². The number of aryl methyl sites for hydroxylation is 3. The molecule has 0 spiro atoms. The molecule has 0 heterocycles. The molecular formula is C81H133NO31S. The first kappa shape index (κ1) is 103. The lowest BCUT2D eigenvalue weighted by Gasteiger charge is -2.18. The van der Waals surface area contributed by atoms with Crippen molar-refractivity contribution < 1.29 is 146 Å². The van der Waals surface area contributed by atoms with E-state index in [4.69, 9.17) is 114 Å². The van der Waals surface area contributed by atoms with Crippen LogP contribution in [0.25, 0.3) is 0 Å². The molecule has 0 bridgehead atoms. The van der Waals surface area contributed by atoms with Gasteiger partial charge in [0.05, 0.1) is 321 Å². The van der Waals surface area contributed by atoms with Crippen LogP contribution in [0.2, 0.25) is 0 Å². The molecule has 0 fully saturated rings. The van der Waals surface area contributed by atoms with Crippen LogP contribution >= 0.6 is 0 Å². The molecule has 0 aliphatic heterocycles. The Kier molecular flexibility index (Phi) is 68.2. The first-order valence-electron chi connectivity index (χ1n) is 39.7. The van der Waals surface area contributed by atoms with E-state index in [0.717, 1.165) is 16.7 Å². The maximum atomic E-state index is 14.0. The van der Waals surface area contributed by atoms with Gasteiger partial charge in [-0.1, -0.05) is 71.8 Å². The molecule has 1 amide bonds. The lowest BCUT2D eigenvalue weighted by Crippen LogP contribution is -2.34. The van der Waals surface area contributed by atoms with Gasteiger partial charge in [0.2, 0.25) is 5.91 Å². The van der Waals surface area contributed by atoms with Gasteiger partial charge >= 0.3 is 5.97 Å². The van der Waals surface area contributed by atoms with Crippen LogP contribution in [-0.4, -0.2) is 367 Å². The van der Waals surface area contributed by atoms with Gasteiger partial charge in [-0.25, -0.2) is 8.42 Å². The van der Waals surface area contributed by atoms with Crippen LogP contribution in [0.1, 0.15) is 63.1 Å². The van der Waals surface area contributed by atoms with E-state index in [1.165, 1.54) is 24.3 Å². The zero-order valence-corrected chi connectivity index (χ0v) is 68.7. The van der Waals surface area contributed by atoms with E-state index in [0.29, 0.717) is 304 Å². The fraction of sp³-hybridized carbons (Fsp3) is 0.728. The van der Waals surface area contributed by atoms with Gasteiger partial charge < -0.3 is 124 Å². The summed E-state index contributed by atoms with van der Waals surface area (Å²) in [6, 6.07) is 20.3. The predicted molar refractivity (Wildman–Crippen MR) is 420 cm³/mol. The Hall–Kier alpha value is -5.07. The topological polar surface area (TPSA) is 356 Å². The smallest absolute Gasteiger partial charge is 0.303 e. The van der Waals surface area contributed by atoms with E-state index in [9.17, 15) is 32.7 Å². The van der Waals surface area contributed by atoms with Crippen LogP contribution in [0, 0.1) is 25.7 Å². The Morgan fingerprint density at radius 1 is 0.325 bits per heavy atom. The first-order valence-corrected chi connectivity index (χ1v) is 41.3. The highest BCUT2D eigenvalue weighted by molar-refractivity contribution is 7.91. The van der Waals surface area contributed by atoms with Gasteiger partial charge in [0.15, 0.2) is 21.4 Å². The average Bonchev–Trinajstić information content (AvgIpc) is 0.817. The zero-order valence-electron chi connectivity index (χ0n) is 67.9. The van der Waals surface area contributed by atoms with Crippen molar-refractivity contribution in [1.82, 2.24) is 5.32 Å². The quantitative estimate of drug-likeness (QED) is 0.0527. The molecule has 114 heavy (non-hydrogen) atoms. The lowest BCUT2D eigenvalue weighted by atomic mass is 9.90. The number of sulfone groups is 1. The number of hydrogen-bond acceptors (Lipinski definition) is 30. The number of aliphatic carboxylic acids is 1. The number of benzene rings is 3. The molecule has 0 radical (unpaired) electrons. The summed E-state index contributed by atoms with van der Waals surface area (Å²) in [7, 11) is -2.18. The maximum absolute atomic E-state index is 14.0. The summed E-state index contributed by atoms with van der Waals surface area (Å²) >= 11 is 0. The van der Waals surface area contributed by atoms with Gasteiger partial charge in [-0.05, 0) is 50.8 Å². The predicted octanol–water partition coefficient (Wildman–Crippen LogP) is 5.41. The minimum atomic E-state index is -3.82. The standard InChI is InChI=1S/C81H133NO31S/c1-70-4-8-72(9-5-70)10-11-76(69-114(88,89)77-17-6-71(2)7-18-77)80(86)74-14-12-73(13-15-74)78(83)68-75(16-19-79(84)85)81(87)82-20-21-91-24-25-93-28-29-95-32-33-97-36-37-99-40-41-101-44-45-103-48-49-105-52-53-107-56-57-109-60-61-111-64-65-113-67-66-112-63-62-110-59-58-108-55-54-106-51-50-104-47-46-102-43-42-100-39-38-98-35-34-96-31-30-94-27-26-92-23-22-90-3/h4-9,12-15,17-18,75-76H,10-11,16,19-69H2,1-3H3,(H,82,87)(H,84,85)/t75-,76?/m1/s1. The molecule has 2 N–H and O–H groups in total. The van der Waals surface area contributed by atoms with Crippen molar-refractivity contribution in [3.63, 3.8) is 0 Å². The minimum Gasteiger partial charge on any atom is -0.481 e. The number of carboxylic acid groups (broad SMARTS) is 1. The van der Waals surface area contributed by atoms with Crippen molar-refractivity contribution in [3.8, 4) is 0 Å². The molecule has 33 heteroatoms. The van der Waals surface area contributed by atoms with Gasteiger partial charge in [-0.3, -0.25) is 19.2 Å². The average molecular weight is 1650 g/mol. The van der Waals surface area contributed by atoms with Gasteiger partial charge in [-0.15, -0.1) is 0 Å². The van der Waals surface area contributed by atoms with Crippen molar-refractivity contribution in [2.45, 2.75) is 50.8 Å². The number of hydrogen-bond donors (Lipinski definition) is 2. The number of Topliss-reactive ketones (excluding diaryl/α,β-unsaturated/α-hetero) is 2. The molecule has 3 aromatic rings. The third-order valence-corrected chi connectivity index (χ3v) is 18.1. The second-order valence-corrected chi connectivity index (χ2v) is 27.4. The van der Waals surface area contributed by atoms with Crippen LogP contribution in [-0.2, 0) is 140 Å². The summed E-state index contributed by atoms with van der Waals surface area (Å²) in [5.41, 5.74) is 3.45. The highest BCUT2D eigenvalue weighted by atomic mass is 32.2. The highest BCUT2D eigenvalue weighted by Crippen LogP contribution is 2.24. The van der Waals surface area contributed by atoms with Gasteiger partial charge in [0, 0.05) is 49.5 Å². The molecule has 0 aromatic heterocycles. The van der Waals surface area contributed by atoms with Crippen LogP contribution in [0.15, 0.2) is 77.7 Å². The molecule has 3 aromatic carbocycles.